The molecule has 1 rings (SSSR count). The summed E-state index contributed by atoms with van der Waals surface area (Å²) in [5.41, 5.74) is 0. The molecule has 0 aromatic rings. The quantitative estimate of drug-likeness (QED) is 0.726. The summed E-state index contributed by atoms with van der Waals surface area (Å²) >= 11 is 0. The Labute approximate surface area is 86.7 Å². The van der Waals surface area contributed by atoms with Crippen molar-refractivity contribution in [2.75, 3.05) is 25.9 Å². The topological polar surface area (TPSA) is 49.4 Å². The van der Waals surface area contributed by atoms with Crippen LogP contribution >= 0.6 is 0 Å². The number of nitrogens with zero attached hydrogens (tertiary/aromatic N) is 1. The molecule has 1 aliphatic heterocycles. The first-order chi connectivity index (χ1) is 6.41. The van der Waals surface area contributed by atoms with Crippen molar-refractivity contribution in [3.05, 3.63) is 0 Å². The molecule has 0 saturated carbocycles. The van der Waals surface area contributed by atoms with Gasteiger partial charge < -0.3 is 5.32 Å². The molecule has 4 nitrogen and oxygen atoms in total. The number of sulfonamides is 1. The molecule has 0 spiro atoms. The second kappa shape index (κ2) is 4.59. The molecule has 1 aliphatic rings. The van der Waals surface area contributed by atoms with Crippen LogP contribution in [0.3, 0.4) is 0 Å². The first-order valence-corrected chi connectivity index (χ1v) is 6.94. The summed E-state index contributed by atoms with van der Waals surface area (Å²) in [5.74, 6) is 0.470. The molecule has 0 amide bonds. The van der Waals surface area contributed by atoms with E-state index in [-0.39, 0.29) is 6.04 Å². The smallest absolute Gasteiger partial charge is 0.211 e. The Morgan fingerprint density at radius 1 is 1.43 bits per heavy atom. The third kappa shape index (κ3) is 3.22. The molecule has 1 fully saturated rings. The highest BCUT2D eigenvalue weighted by molar-refractivity contribution is 7.88. The Balaban J connectivity index is 2.70. The number of hydrogen-bond donors (Lipinski definition) is 1. The Bertz CT molecular complexity index is 275. The maximum absolute atomic E-state index is 11.4. The van der Waals surface area contributed by atoms with Gasteiger partial charge in [0.05, 0.1) is 6.26 Å². The highest BCUT2D eigenvalue weighted by atomic mass is 32.2. The molecule has 1 saturated heterocycles. The highest BCUT2D eigenvalue weighted by Gasteiger charge is 2.25. The lowest BCUT2D eigenvalue weighted by Crippen LogP contribution is -2.43. The molecular weight excluding hydrogens is 200 g/mol. The monoisotopic (exact) mass is 220 g/mol. The molecule has 1 heterocycles. The second-order valence-corrected chi connectivity index (χ2v) is 6.26. The average molecular weight is 220 g/mol. The van der Waals surface area contributed by atoms with Crippen molar-refractivity contribution in [2.45, 2.75) is 26.3 Å². The molecule has 1 N–H and O–H groups in total. The SMILES string of the molecule is CC(C)C1CN(S(C)(=O)=O)CCCN1. The van der Waals surface area contributed by atoms with Crippen LogP contribution in [0.2, 0.25) is 0 Å². The fraction of sp³-hybridized carbons (Fsp3) is 1.00. The van der Waals surface area contributed by atoms with E-state index < -0.39 is 10.0 Å². The van der Waals surface area contributed by atoms with Gasteiger partial charge in [0.25, 0.3) is 0 Å². The Morgan fingerprint density at radius 2 is 2.07 bits per heavy atom. The van der Waals surface area contributed by atoms with E-state index in [4.69, 9.17) is 0 Å². The fourth-order valence-electron chi connectivity index (χ4n) is 1.67. The van der Waals surface area contributed by atoms with Crippen LogP contribution in [0.5, 0.6) is 0 Å². The molecule has 5 heteroatoms. The van der Waals surface area contributed by atoms with E-state index in [1.807, 2.05) is 0 Å². The maximum atomic E-state index is 11.4. The molecular formula is C9H20N2O2S. The van der Waals surface area contributed by atoms with Crippen molar-refractivity contribution >= 4 is 10.0 Å². The first kappa shape index (κ1) is 11.9. The van der Waals surface area contributed by atoms with Gasteiger partial charge in [0.1, 0.15) is 0 Å². The summed E-state index contributed by atoms with van der Waals surface area (Å²) in [5, 5.41) is 3.38. The van der Waals surface area contributed by atoms with Crippen molar-refractivity contribution < 1.29 is 8.42 Å². The minimum absolute atomic E-state index is 0.284. The van der Waals surface area contributed by atoms with E-state index in [0.717, 1.165) is 13.0 Å². The van der Waals surface area contributed by atoms with Gasteiger partial charge in [-0.1, -0.05) is 13.8 Å². The molecule has 0 aromatic heterocycles. The Morgan fingerprint density at radius 3 is 2.57 bits per heavy atom. The van der Waals surface area contributed by atoms with E-state index in [0.29, 0.717) is 19.0 Å². The number of hydrogen-bond acceptors (Lipinski definition) is 3. The van der Waals surface area contributed by atoms with Crippen molar-refractivity contribution in [1.29, 1.82) is 0 Å². The minimum Gasteiger partial charge on any atom is -0.312 e. The van der Waals surface area contributed by atoms with Crippen LogP contribution in [-0.2, 0) is 10.0 Å². The van der Waals surface area contributed by atoms with Crippen LogP contribution in [0.25, 0.3) is 0 Å². The van der Waals surface area contributed by atoms with Gasteiger partial charge in [-0.05, 0) is 18.9 Å². The Hall–Kier alpha value is -0.130. The van der Waals surface area contributed by atoms with Crippen LogP contribution < -0.4 is 5.32 Å². The van der Waals surface area contributed by atoms with E-state index in [1.165, 1.54) is 6.26 Å². The minimum atomic E-state index is -3.02. The Kier molecular flexibility index (Phi) is 3.92. The molecule has 0 bridgehead atoms. The molecule has 1 unspecified atom stereocenters. The zero-order valence-corrected chi connectivity index (χ0v) is 9.97. The van der Waals surface area contributed by atoms with Gasteiger partial charge in [-0.2, -0.15) is 0 Å². The second-order valence-electron chi connectivity index (χ2n) is 4.28. The molecule has 0 aromatic carbocycles. The third-order valence-electron chi connectivity index (χ3n) is 2.66. The summed E-state index contributed by atoms with van der Waals surface area (Å²) in [6, 6.07) is 0.284. The van der Waals surface area contributed by atoms with Gasteiger partial charge in [-0.15, -0.1) is 0 Å². The molecule has 14 heavy (non-hydrogen) atoms. The van der Waals surface area contributed by atoms with Gasteiger partial charge in [-0.3, -0.25) is 0 Å². The van der Waals surface area contributed by atoms with Crippen molar-refractivity contribution in [1.82, 2.24) is 9.62 Å². The van der Waals surface area contributed by atoms with Crippen LogP contribution in [0, 0.1) is 5.92 Å². The van der Waals surface area contributed by atoms with Crippen molar-refractivity contribution in [2.24, 2.45) is 5.92 Å². The van der Waals surface area contributed by atoms with Gasteiger partial charge in [0, 0.05) is 19.1 Å². The van der Waals surface area contributed by atoms with Gasteiger partial charge in [0.15, 0.2) is 0 Å². The van der Waals surface area contributed by atoms with Crippen LogP contribution in [0.1, 0.15) is 20.3 Å². The summed E-state index contributed by atoms with van der Waals surface area (Å²) in [6.07, 6.45) is 2.19. The van der Waals surface area contributed by atoms with Gasteiger partial charge >= 0.3 is 0 Å². The van der Waals surface area contributed by atoms with E-state index in [9.17, 15) is 8.42 Å². The van der Waals surface area contributed by atoms with Crippen molar-refractivity contribution in [3.63, 3.8) is 0 Å². The summed E-state index contributed by atoms with van der Waals surface area (Å²) in [7, 11) is -3.02. The average Bonchev–Trinajstić information content (AvgIpc) is 2.26. The summed E-state index contributed by atoms with van der Waals surface area (Å²) < 4.78 is 24.4. The lowest BCUT2D eigenvalue weighted by Gasteiger charge is -2.24. The summed E-state index contributed by atoms with van der Waals surface area (Å²) in [4.78, 5) is 0. The lowest BCUT2D eigenvalue weighted by atomic mass is 10.1. The number of nitrogens with one attached hydrogen (secondary N) is 1. The normalized spacial score (nSPS) is 26.4. The van der Waals surface area contributed by atoms with Crippen molar-refractivity contribution in [3.8, 4) is 0 Å². The molecule has 0 aliphatic carbocycles. The predicted molar refractivity (Wildman–Crippen MR) is 57.7 cm³/mol. The maximum Gasteiger partial charge on any atom is 0.211 e. The number of rotatable bonds is 2. The van der Waals surface area contributed by atoms with Gasteiger partial charge in [0.2, 0.25) is 10.0 Å². The third-order valence-corrected chi connectivity index (χ3v) is 3.93. The molecule has 84 valence electrons. The zero-order valence-electron chi connectivity index (χ0n) is 9.16. The van der Waals surface area contributed by atoms with E-state index in [1.54, 1.807) is 4.31 Å². The standard InChI is InChI=1S/C9H20N2O2S/c1-8(2)9-7-11(14(3,12)13)6-4-5-10-9/h8-10H,4-7H2,1-3H3. The predicted octanol–water partition coefficient (Wildman–Crippen LogP) is 0.266. The van der Waals surface area contributed by atoms with Gasteiger partial charge in [-0.25, -0.2) is 12.7 Å². The largest absolute Gasteiger partial charge is 0.312 e. The molecule has 0 radical (unpaired) electrons. The van der Waals surface area contributed by atoms with Crippen LogP contribution in [-0.4, -0.2) is 44.7 Å². The highest BCUT2D eigenvalue weighted by Crippen LogP contribution is 2.10. The fourth-order valence-corrected chi connectivity index (χ4v) is 2.56. The van der Waals surface area contributed by atoms with Crippen LogP contribution in [0.15, 0.2) is 0 Å². The summed E-state index contributed by atoms with van der Waals surface area (Å²) in [6.45, 7) is 6.40. The van der Waals surface area contributed by atoms with E-state index >= 15 is 0 Å². The lowest BCUT2D eigenvalue weighted by molar-refractivity contribution is 0.344. The first-order valence-electron chi connectivity index (χ1n) is 5.10. The van der Waals surface area contributed by atoms with E-state index in [2.05, 4.69) is 19.2 Å². The molecule has 1 atom stereocenters. The zero-order chi connectivity index (χ0) is 10.8. The van der Waals surface area contributed by atoms with Crippen LogP contribution in [0.4, 0.5) is 0 Å².